The second-order valence-corrected chi connectivity index (χ2v) is 6.11. The van der Waals surface area contributed by atoms with Gasteiger partial charge in [-0.1, -0.05) is 0 Å². The van der Waals surface area contributed by atoms with Crippen molar-refractivity contribution >= 4 is 23.6 Å². The summed E-state index contributed by atoms with van der Waals surface area (Å²) in [6, 6.07) is 9.13. The van der Waals surface area contributed by atoms with Crippen LogP contribution in [0.15, 0.2) is 40.8 Å². The van der Waals surface area contributed by atoms with Gasteiger partial charge in [-0.3, -0.25) is 0 Å². The van der Waals surface area contributed by atoms with E-state index in [1.54, 1.807) is 45.0 Å². The van der Waals surface area contributed by atoms with Gasteiger partial charge in [-0.2, -0.15) is 0 Å². The number of carbonyl (C=O) groups excluding carboxylic acids is 2. The van der Waals surface area contributed by atoms with E-state index in [-0.39, 0.29) is 47.6 Å². The number of rotatable bonds is 7. The summed E-state index contributed by atoms with van der Waals surface area (Å²) in [5.41, 5.74) is 1.15. The third-order valence-electron chi connectivity index (χ3n) is 4.09. The summed E-state index contributed by atoms with van der Waals surface area (Å²) in [6.07, 6.45) is 0. The summed E-state index contributed by atoms with van der Waals surface area (Å²) < 4.78 is 28.8. The van der Waals surface area contributed by atoms with Crippen molar-refractivity contribution in [3.05, 3.63) is 59.1 Å². The average Bonchev–Trinajstić information content (AvgIpc) is 3.05. The standard InChI is InChI=1S/C21H20FN3O5/c1-4-28-20(26)17-12(3)30-19(18(17)21(27)29-5-2)23-16-11-10-15(24-25-16)13-6-8-14(22)9-7-13/h6-11H,4-5H2,1-3H3,(H,23,25). The normalized spacial score (nSPS) is 10.5. The Morgan fingerprint density at radius 3 is 2.17 bits per heavy atom. The van der Waals surface area contributed by atoms with Gasteiger partial charge in [0.25, 0.3) is 0 Å². The maximum absolute atomic E-state index is 13.1. The molecule has 156 valence electrons. The molecular weight excluding hydrogens is 393 g/mol. The van der Waals surface area contributed by atoms with Gasteiger partial charge in [-0.05, 0) is 57.2 Å². The molecule has 1 N–H and O–H groups in total. The molecule has 9 heteroatoms. The van der Waals surface area contributed by atoms with E-state index in [1.165, 1.54) is 12.1 Å². The molecule has 0 amide bonds. The molecule has 0 atom stereocenters. The van der Waals surface area contributed by atoms with E-state index in [2.05, 4.69) is 15.5 Å². The summed E-state index contributed by atoms with van der Waals surface area (Å²) in [5, 5.41) is 11.0. The number of benzene rings is 1. The van der Waals surface area contributed by atoms with Gasteiger partial charge in [-0.25, -0.2) is 14.0 Å². The number of furan rings is 1. The molecule has 3 aromatic rings. The predicted octanol–water partition coefficient (Wildman–Crippen LogP) is 4.28. The molecule has 0 saturated carbocycles. The van der Waals surface area contributed by atoms with Gasteiger partial charge in [0.2, 0.25) is 5.88 Å². The molecule has 0 aliphatic carbocycles. The molecule has 30 heavy (non-hydrogen) atoms. The summed E-state index contributed by atoms with van der Waals surface area (Å²) in [7, 11) is 0. The third-order valence-corrected chi connectivity index (χ3v) is 4.09. The van der Waals surface area contributed by atoms with Crippen LogP contribution in [0, 0.1) is 12.7 Å². The van der Waals surface area contributed by atoms with Crippen LogP contribution in [0.2, 0.25) is 0 Å². The maximum Gasteiger partial charge on any atom is 0.344 e. The third kappa shape index (κ3) is 4.45. The zero-order valence-electron chi connectivity index (χ0n) is 16.7. The molecule has 0 bridgehead atoms. The van der Waals surface area contributed by atoms with Crippen molar-refractivity contribution in [2.24, 2.45) is 0 Å². The van der Waals surface area contributed by atoms with E-state index in [0.29, 0.717) is 11.3 Å². The van der Waals surface area contributed by atoms with Crippen LogP contribution in [0.5, 0.6) is 0 Å². The highest BCUT2D eigenvalue weighted by molar-refractivity contribution is 6.07. The summed E-state index contributed by atoms with van der Waals surface area (Å²) >= 11 is 0. The van der Waals surface area contributed by atoms with E-state index in [9.17, 15) is 14.0 Å². The summed E-state index contributed by atoms with van der Waals surface area (Å²) in [6.45, 7) is 5.13. The topological polar surface area (TPSA) is 104 Å². The number of hydrogen-bond acceptors (Lipinski definition) is 8. The Bertz CT molecular complexity index is 1050. The maximum atomic E-state index is 13.1. The number of aromatic nitrogens is 2. The number of carbonyl (C=O) groups is 2. The molecule has 0 unspecified atom stereocenters. The van der Waals surface area contributed by atoms with Gasteiger partial charge in [-0.15, -0.1) is 10.2 Å². The van der Waals surface area contributed by atoms with Crippen LogP contribution >= 0.6 is 0 Å². The highest BCUT2D eigenvalue weighted by atomic mass is 19.1. The second-order valence-electron chi connectivity index (χ2n) is 6.11. The minimum Gasteiger partial charge on any atom is -0.462 e. The van der Waals surface area contributed by atoms with Crippen LogP contribution in [0.1, 0.15) is 40.3 Å². The largest absolute Gasteiger partial charge is 0.462 e. The summed E-state index contributed by atoms with van der Waals surface area (Å²) in [4.78, 5) is 24.8. The number of anilines is 2. The molecule has 0 saturated heterocycles. The van der Waals surface area contributed by atoms with Crippen molar-refractivity contribution in [1.29, 1.82) is 0 Å². The second kappa shape index (κ2) is 9.17. The molecule has 3 rings (SSSR count). The van der Waals surface area contributed by atoms with Gasteiger partial charge in [0, 0.05) is 5.56 Å². The number of nitrogens with one attached hydrogen (secondary N) is 1. The average molecular weight is 413 g/mol. The monoisotopic (exact) mass is 413 g/mol. The van der Waals surface area contributed by atoms with Crippen molar-refractivity contribution in [3.63, 3.8) is 0 Å². The zero-order chi connectivity index (χ0) is 21.7. The Morgan fingerprint density at radius 2 is 1.60 bits per heavy atom. The van der Waals surface area contributed by atoms with E-state index in [1.807, 2.05) is 0 Å². The van der Waals surface area contributed by atoms with E-state index in [4.69, 9.17) is 13.9 Å². The van der Waals surface area contributed by atoms with Crippen LogP contribution in [0.4, 0.5) is 16.1 Å². The molecule has 2 aromatic heterocycles. The number of hydrogen-bond donors (Lipinski definition) is 1. The van der Waals surface area contributed by atoms with Gasteiger partial charge < -0.3 is 19.2 Å². The predicted molar refractivity (Wildman–Crippen MR) is 106 cm³/mol. The van der Waals surface area contributed by atoms with Crippen LogP contribution in [-0.2, 0) is 9.47 Å². The SMILES string of the molecule is CCOC(=O)c1c(C)oc(Nc2ccc(-c3ccc(F)cc3)nn2)c1C(=O)OCC. The highest BCUT2D eigenvalue weighted by Gasteiger charge is 2.30. The van der Waals surface area contributed by atoms with Crippen LogP contribution in [0.3, 0.4) is 0 Å². The Balaban J connectivity index is 1.92. The molecule has 0 radical (unpaired) electrons. The molecule has 1 aromatic carbocycles. The lowest BCUT2D eigenvalue weighted by atomic mass is 10.1. The number of halogens is 1. The van der Waals surface area contributed by atoms with Gasteiger partial charge in [0.15, 0.2) is 5.82 Å². The Kier molecular flexibility index (Phi) is 6.41. The molecular formula is C21H20FN3O5. The van der Waals surface area contributed by atoms with E-state index in [0.717, 1.165) is 0 Å². The van der Waals surface area contributed by atoms with Gasteiger partial charge in [0.1, 0.15) is 22.7 Å². The smallest absolute Gasteiger partial charge is 0.344 e. The molecule has 0 aliphatic heterocycles. The number of ether oxygens (including phenoxy) is 2. The first-order valence-corrected chi connectivity index (χ1v) is 9.28. The van der Waals surface area contributed by atoms with Crippen molar-refractivity contribution in [2.45, 2.75) is 20.8 Å². The number of nitrogens with zero attached hydrogens (tertiary/aromatic N) is 2. The fourth-order valence-electron chi connectivity index (χ4n) is 2.77. The van der Waals surface area contributed by atoms with Gasteiger partial charge in [0.05, 0.1) is 18.9 Å². The van der Waals surface area contributed by atoms with Crippen LogP contribution in [-0.4, -0.2) is 35.3 Å². The Labute approximate surface area is 172 Å². The minimum absolute atomic E-state index is 0.00200. The van der Waals surface area contributed by atoms with Crippen molar-refractivity contribution < 1.29 is 27.9 Å². The molecule has 0 spiro atoms. The minimum atomic E-state index is -0.726. The van der Waals surface area contributed by atoms with Crippen LogP contribution in [0.25, 0.3) is 11.3 Å². The van der Waals surface area contributed by atoms with Crippen molar-refractivity contribution in [3.8, 4) is 11.3 Å². The fraction of sp³-hybridized carbons (Fsp3) is 0.238. The summed E-state index contributed by atoms with van der Waals surface area (Å²) in [5.74, 6) is -1.28. The van der Waals surface area contributed by atoms with Crippen LogP contribution < -0.4 is 5.32 Å². The lowest BCUT2D eigenvalue weighted by Crippen LogP contribution is -2.14. The first kappa shape index (κ1) is 21.0. The highest BCUT2D eigenvalue weighted by Crippen LogP contribution is 2.31. The first-order chi connectivity index (χ1) is 14.4. The molecule has 8 nitrogen and oxygen atoms in total. The van der Waals surface area contributed by atoms with E-state index >= 15 is 0 Å². The van der Waals surface area contributed by atoms with E-state index < -0.39 is 11.9 Å². The molecule has 2 heterocycles. The molecule has 0 aliphatic rings. The zero-order valence-corrected chi connectivity index (χ0v) is 16.7. The number of esters is 2. The lowest BCUT2D eigenvalue weighted by molar-refractivity contribution is 0.0480. The molecule has 0 fully saturated rings. The Hall–Kier alpha value is -3.75. The number of aryl methyl sites for hydroxylation is 1. The Morgan fingerprint density at radius 1 is 0.967 bits per heavy atom. The van der Waals surface area contributed by atoms with Crippen molar-refractivity contribution in [2.75, 3.05) is 18.5 Å². The van der Waals surface area contributed by atoms with Crippen molar-refractivity contribution in [1.82, 2.24) is 10.2 Å². The quantitative estimate of drug-likeness (QED) is 0.573. The lowest BCUT2D eigenvalue weighted by Gasteiger charge is -2.07. The fourth-order valence-corrected chi connectivity index (χ4v) is 2.77. The first-order valence-electron chi connectivity index (χ1n) is 9.28. The van der Waals surface area contributed by atoms with Gasteiger partial charge >= 0.3 is 11.9 Å².